The number of piperazine rings is 1. The number of amides is 2. The van der Waals surface area contributed by atoms with Gasteiger partial charge < -0.3 is 10.2 Å². The molecule has 1 unspecified atom stereocenters. The van der Waals surface area contributed by atoms with Crippen LogP contribution in [0.2, 0.25) is 0 Å². The van der Waals surface area contributed by atoms with Crippen LogP contribution in [0.1, 0.15) is 33.6 Å². The van der Waals surface area contributed by atoms with Gasteiger partial charge in [0.15, 0.2) is 0 Å². The Bertz CT molecular complexity index is 422. The molecular formula is C12H17F3N2O2. The molecule has 0 aromatic rings. The lowest BCUT2D eigenvalue weighted by Gasteiger charge is -2.43. The molecule has 0 bridgehead atoms. The van der Waals surface area contributed by atoms with Gasteiger partial charge in [0, 0.05) is 0 Å². The van der Waals surface area contributed by atoms with Gasteiger partial charge in [-0.3, -0.25) is 9.59 Å². The molecule has 1 saturated carbocycles. The Morgan fingerprint density at radius 2 is 1.74 bits per heavy atom. The monoisotopic (exact) mass is 278 g/mol. The zero-order chi connectivity index (χ0) is 14.6. The van der Waals surface area contributed by atoms with E-state index in [9.17, 15) is 22.8 Å². The predicted octanol–water partition coefficient (Wildman–Crippen LogP) is 1.45. The number of carbonyl (C=O) groups is 2. The lowest BCUT2D eigenvalue weighted by molar-refractivity contribution is -0.204. The molecule has 1 heterocycles. The number of hydrogen-bond donors (Lipinski definition) is 1. The number of halogens is 3. The summed E-state index contributed by atoms with van der Waals surface area (Å²) in [5.41, 5.74) is -2.74. The van der Waals surface area contributed by atoms with Crippen molar-refractivity contribution in [3.8, 4) is 0 Å². The third-order valence-corrected chi connectivity index (χ3v) is 3.75. The van der Waals surface area contributed by atoms with Crippen molar-refractivity contribution >= 4 is 11.8 Å². The molecule has 0 spiro atoms. The fourth-order valence-electron chi connectivity index (χ4n) is 2.42. The summed E-state index contributed by atoms with van der Waals surface area (Å²) in [6.07, 6.45) is -4.72. The van der Waals surface area contributed by atoms with E-state index in [0.717, 1.165) is 4.90 Å². The lowest BCUT2D eigenvalue weighted by atomic mass is 9.84. The highest BCUT2D eigenvalue weighted by Gasteiger charge is 2.69. The van der Waals surface area contributed by atoms with E-state index in [1.54, 1.807) is 20.8 Å². The van der Waals surface area contributed by atoms with Gasteiger partial charge in [-0.1, -0.05) is 20.8 Å². The summed E-state index contributed by atoms with van der Waals surface area (Å²) in [6.45, 7) is 4.64. The van der Waals surface area contributed by atoms with E-state index in [-0.39, 0.29) is 12.8 Å². The average molecular weight is 278 g/mol. The van der Waals surface area contributed by atoms with Crippen LogP contribution in [0.4, 0.5) is 13.2 Å². The zero-order valence-electron chi connectivity index (χ0n) is 11.1. The van der Waals surface area contributed by atoms with Gasteiger partial charge in [0.2, 0.25) is 11.8 Å². The minimum Gasteiger partial charge on any atom is -0.342 e. The molecule has 1 aliphatic heterocycles. The second kappa shape index (κ2) is 3.86. The van der Waals surface area contributed by atoms with Crippen LogP contribution in [0.15, 0.2) is 0 Å². The van der Waals surface area contributed by atoms with Crippen molar-refractivity contribution in [1.82, 2.24) is 10.2 Å². The highest BCUT2D eigenvalue weighted by molar-refractivity contribution is 5.96. The van der Waals surface area contributed by atoms with E-state index in [2.05, 4.69) is 5.32 Å². The Hall–Kier alpha value is -1.27. The number of nitrogens with zero attached hydrogens (tertiary/aromatic N) is 1. The van der Waals surface area contributed by atoms with Gasteiger partial charge in [-0.05, 0) is 18.3 Å². The van der Waals surface area contributed by atoms with Gasteiger partial charge in [0.05, 0.1) is 0 Å². The summed E-state index contributed by atoms with van der Waals surface area (Å²) in [5.74, 6) is -1.17. The van der Waals surface area contributed by atoms with Gasteiger partial charge in [-0.25, -0.2) is 0 Å². The van der Waals surface area contributed by atoms with Gasteiger partial charge in [-0.2, -0.15) is 13.2 Å². The van der Waals surface area contributed by atoms with E-state index in [0.29, 0.717) is 0 Å². The average Bonchev–Trinajstić information content (AvgIpc) is 2.99. The molecule has 2 aliphatic rings. The Balaban J connectivity index is 2.32. The standard InChI is InChI=1S/C12H17F3N2O2/c1-10(2,3)8-9(19)17(6-7(18)16-8)11(4-5-11)12(13,14)15/h8H,4-6H2,1-3H3,(H,16,18). The first kappa shape index (κ1) is 14.1. The van der Waals surface area contributed by atoms with Crippen molar-refractivity contribution in [3.05, 3.63) is 0 Å². The largest absolute Gasteiger partial charge is 0.411 e. The third kappa shape index (κ3) is 2.19. The molecule has 19 heavy (non-hydrogen) atoms. The van der Waals surface area contributed by atoms with Crippen molar-refractivity contribution in [2.24, 2.45) is 5.41 Å². The van der Waals surface area contributed by atoms with Crippen molar-refractivity contribution < 1.29 is 22.8 Å². The number of rotatable bonds is 1. The predicted molar refractivity (Wildman–Crippen MR) is 61.1 cm³/mol. The number of carbonyl (C=O) groups excluding carboxylic acids is 2. The first-order valence-corrected chi connectivity index (χ1v) is 6.17. The summed E-state index contributed by atoms with van der Waals surface area (Å²) >= 11 is 0. The quantitative estimate of drug-likeness (QED) is 0.789. The molecule has 1 saturated heterocycles. The maximum atomic E-state index is 13.1. The molecule has 2 amide bonds. The fraction of sp³-hybridized carbons (Fsp3) is 0.833. The molecule has 4 nitrogen and oxygen atoms in total. The van der Waals surface area contributed by atoms with E-state index in [1.165, 1.54) is 0 Å². The highest BCUT2D eigenvalue weighted by atomic mass is 19.4. The SMILES string of the molecule is CC(C)(C)C1NC(=O)CN(C2(C(F)(F)F)CC2)C1=O. The summed E-state index contributed by atoms with van der Waals surface area (Å²) in [7, 11) is 0. The first-order valence-electron chi connectivity index (χ1n) is 6.17. The second-order valence-electron chi connectivity index (χ2n) is 6.32. The first-order chi connectivity index (χ1) is 8.49. The maximum Gasteiger partial charge on any atom is 0.411 e. The van der Waals surface area contributed by atoms with Crippen LogP contribution in [0.3, 0.4) is 0 Å². The summed E-state index contributed by atoms with van der Waals surface area (Å²) in [5, 5.41) is 2.49. The molecule has 1 N–H and O–H groups in total. The number of nitrogens with one attached hydrogen (secondary N) is 1. The molecule has 0 aromatic heterocycles. The Labute approximate surface area is 109 Å². The molecule has 2 rings (SSSR count). The summed E-state index contributed by atoms with van der Waals surface area (Å²) in [6, 6.07) is -0.909. The van der Waals surface area contributed by atoms with Crippen LogP contribution in [0.25, 0.3) is 0 Å². The Kier molecular flexibility index (Phi) is 2.88. The van der Waals surface area contributed by atoms with Gasteiger partial charge in [0.1, 0.15) is 18.1 Å². The van der Waals surface area contributed by atoms with Crippen molar-refractivity contribution in [3.63, 3.8) is 0 Å². The Morgan fingerprint density at radius 3 is 2.11 bits per heavy atom. The molecule has 1 atom stereocenters. The minimum absolute atomic E-state index is 0.119. The number of hydrogen-bond acceptors (Lipinski definition) is 2. The molecule has 0 aromatic carbocycles. The van der Waals surface area contributed by atoms with E-state index in [4.69, 9.17) is 0 Å². The van der Waals surface area contributed by atoms with Crippen LogP contribution in [0.5, 0.6) is 0 Å². The topological polar surface area (TPSA) is 49.4 Å². The second-order valence-corrected chi connectivity index (χ2v) is 6.32. The maximum absolute atomic E-state index is 13.1. The van der Waals surface area contributed by atoms with Crippen molar-refractivity contribution in [2.45, 2.75) is 51.4 Å². The van der Waals surface area contributed by atoms with Gasteiger partial charge in [-0.15, -0.1) is 0 Å². The highest BCUT2D eigenvalue weighted by Crippen LogP contribution is 2.54. The molecule has 0 radical (unpaired) electrons. The molecule has 1 aliphatic carbocycles. The Morgan fingerprint density at radius 1 is 1.21 bits per heavy atom. The summed E-state index contributed by atoms with van der Waals surface area (Å²) < 4.78 is 39.2. The number of alkyl halides is 3. The van der Waals surface area contributed by atoms with Crippen LogP contribution < -0.4 is 5.32 Å². The molecule has 108 valence electrons. The normalized spacial score (nSPS) is 27.3. The van der Waals surface area contributed by atoms with Crippen LogP contribution in [0, 0.1) is 5.41 Å². The van der Waals surface area contributed by atoms with Crippen LogP contribution in [-0.2, 0) is 9.59 Å². The zero-order valence-corrected chi connectivity index (χ0v) is 11.1. The molecular weight excluding hydrogens is 261 g/mol. The van der Waals surface area contributed by atoms with Crippen LogP contribution >= 0.6 is 0 Å². The van der Waals surface area contributed by atoms with Crippen LogP contribution in [-0.4, -0.2) is 41.0 Å². The fourth-order valence-corrected chi connectivity index (χ4v) is 2.42. The smallest absolute Gasteiger partial charge is 0.342 e. The van der Waals surface area contributed by atoms with E-state index < -0.39 is 41.5 Å². The third-order valence-electron chi connectivity index (χ3n) is 3.75. The van der Waals surface area contributed by atoms with Gasteiger partial charge >= 0.3 is 6.18 Å². The van der Waals surface area contributed by atoms with E-state index >= 15 is 0 Å². The minimum atomic E-state index is -4.48. The summed E-state index contributed by atoms with van der Waals surface area (Å²) in [4.78, 5) is 24.6. The van der Waals surface area contributed by atoms with Crippen molar-refractivity contribution in [2.75, 3.05) is 6.54 Å². The molecule has 2 fully saturated rings. The van der Waals surface area contributed by atoms with E-state index in [1.807, 2.05) is 0 Å². The lowest BCUT2D eigenvalue weighted by Crippen LogP contribution is -2.67. The van der Waals surface area contributed by atoms with Gasteiger partial charge in [0.25, 0.3) is 0 Å². The molecule has 7 heteroatoms. The van der Waals surface area contributed by atoms with Crippen molar-refractivity contribution in [1.29, 1.82) is 0 Å².